The van der Waals surface area contributed by atoms with Gasteiger partial charge in [0.05, 0.1) is 0 Å². The van der Waals surface area contributed by atoms with Crippen molar-refractivity contribution in [3.63, 3.8) is 0 Å². The molecule has 0 bridgehead atoms. The summed E-state index contributed by atoms with van der Waals surface area (Å²) in [4.78, 5) is 29.3. The third kappa shape index (κ3) is 5.95. The largest absolute Gasteiger partial charge is 0.385 e. The number of aryl methyl sites for hydroxylation is 1. The molecule has 0 saturated heterocycles. The van der Waals surface area contributed by atoms with Crippen molar-refractivity contribution >= 4 is 17.5 Å². The first-order chi connectivity index (χ1) is 12.0. The van der Waals surface area contributed by atoms with E-state index < -0.39 is 0 Å². The number of carbonyl (C=O) groups excluding carboxylic acids is 1. The van der Waals surface area contributed by atoms with E-state index >= 15 is 0 Å². The Kier molecular flexibility index (Phi) is 6.56. The van der Waals surface area contributed by atoms with Gasteiger partial charge in [-0.1, -0.05) is 12.1 Å². The summed E-state index contributed by atoms with van der Waals surface area (Å²) in [5.41, 5.74) is 8.93. The van der Waals surface area contributed by atoms with Crippen LogP contribution in [0.5, 0.6) is 0 Å². The Morgan fingerprint density at radius 2 is 1.92 bits per heavy atom. The number of hydrogen-bond acceptors (Lipinski definition) is 5. The van der Waals surface area contributed by atoms with Crippen molar-refractivity contribution in [2.24, 2.45) is 0 Å². The molecule has 5 N–H and O–H groups in total. The highest BCUT2D eigenvalue weighted by Gasteiger charge is 2.06. The van der Waals surface area contributed by atoms with Crippen LogP contribution in [-0.2, 0) is 17.6 Å². The minimum absolute atomic E-state index is 0.0105. The zero-order valence-corrected chi connectivity index (χ0v) is 14.7. The lowest BCUT2D eigenvalue weighted by molar-refractivity contribution is -0.118. The molecule has 134 valence electrons. The number of nitrogens with zero attached hydrogens (tertiary/aromatic N) is 1. The molecule has 0 radical (unpaired) electrons. The van der Waals surface area contributed by atoms with E-state index in [0.717, 1.165) is 25.1 Å². The number of nitrogens with one attached hydrogen (secondary N) is 3. The molecule has 2 rings (SSSR count). The second kappa shape index (κ2) is 8.86. The van der Waals surface area contributed by atoms with E-state index in [4.69, 9.17) is 5.73 Å². The highest BCUT2D eigenvalue weighted by atomic mass is 16.1. The number of aromatic amines is 1. The molecule has 0 spiro atoms. The van der Waals surface area contributed by atoms with Gasteiger partial charge in [0.25, 0.3) is 5.56 Å². The van der Waals surface area contributed by atoms with Gasteiger partial charge in [0.1, 0.15) is 0 Å². The summed E-state index contributed by atoms with van der Waals surface area (Å²) >= 11 is 0. The first-order valence-corrected chi connectivity index (χ1v) is 8.38. The second-order valence-electron chi connectivity index (χ2n) is 5.98. The minimum Gasteiger partial charge on any atom is -0.385 e. The van der Waals surface area contributed by atoms with Crippen molar-refractivity contribution in [1.29, 1.82) is 0 Å². The summed E-state index contributed by atoms with van der Waals surface area (Å²) in [5, 5.41) is 6.12. The van der Waals surface area contributed by atoms with Crippen molar-refractivity contribution in [3.8, 4) is 0 Å². The van der Waals surface area contributed by atoms with Crippen molar-refractivity contribution in [1.82, 2.24) is 15.3 Å². The predicted molar refractivity (Wildman–Crippen MR) is 99.6 cm³/mol. The van der Waals surface area contributed by atoms with Gasteiger partial charge in [-0.15, -0.1) is 0 Å². The normalized spacial score (nSPS) is 10.5. The van der Waals surface area contributed by atoms with E-state index in [-0.39, 0.29) is 17.4 Å². The summed E-state index contributed by atoms with van der Waals surface area (Å²) < 4.78 is 0. The van der Waals surface area contributed by atoms with E-state index in [1.807, 2.05) is 24.3 Å². The molecule has 1 aromatic carbocycles. The number of aromatic nitrogens is 2. The van der Waals surface area contributed by atoms with Crippen LogP contribution < -0.4 is 21.9 Å². The Bertz CT molecular complexity index is 768. The van der Waals surface area contributed by atoms with Gasteiger partial charge in [-0.25, -0.2) is 4.98 Å². The Morgan fingerprint density at radius 1 is 1.20 bits per heavy atom. The maximum atomic E-state index is 11.9. The quantitative estimate of drug-likeness (QED) is 0.541. The van der Waals surface area contributed by atoms with Crippen molar-refractivity contribution in [2.75, 3.05) is 24.1 Å². The monoisotopic (exact) mass is 343 g/mol. The maximum Gasteiger partial charge on any atom is 0.255 e. The smallest absolute Gasteiger partial charge is 0.255 e. The first-order valence-electron chi connectivity index (χ1n) is 8.38. The van der Waals surface area contributed by atoms with E-state index in [2.05, 4.69) is 20.6 Å². The molecule has 1 heterocycles. The van der Waals surface area contributed by atoms with Crippen molar-refractivity contribution in [2.45, 2.75) is 33.1 Å². The van der Waals surface area contributed by atoms with Crippen LogP contribution in [0.3, 0.4) is 0 Å². The highest BCUT2D eigenvalue weighted by Crippen LogP contribution is 2.10. The molecule has 0 aliphatic carbocycles. The van der Waals surface area contributed by atoms with Crippen molar-refractivity contribution in [3.05, 3.63) is 51.4 Å². The number of nitrogens with two attached hydrogens (primary N) is 1. The van der Waals surface area contributed by atoms with Crippen molar-refractivity contribution < 1.29 is 4.79 Å². The van der Waals surface area contributed by atoms with Crippen LogP contribution in [0.1, 0.15) is 30.2 Å². The fraction of sp³-hybridized carbons (Fsp3) is 0.389. The van der Waals surface area contributed by atoms with E-state index in [9.17, 15) is 9.59 Å². The summed E-state index contributed by atoms with van der Waals surface area (Å²) in [6.45, 7) is 4.72. The topological polar surface area (TPSA) is 113 Å². The molecular formula is C18H25N5O2. The molecule has 0 aliphatic heterocycles. The molecule has 0 atom stereocenters. The first kappa shape index (κ1) is 18.5. The highest BCUT2D eigenvalue weighted by molar-refractivity contribution is 5.72. The number of anilines is 2. The molecule has 0 saturated carbocycles. The molecule has 7 heteroatoms. The number of hydrogen-bond donors (Lipinski definition) is 4. The van der Waals surface area contributed by atoms with Gasteiger partial charge in [0.15, 0.2) is 0 Å². The summed E-state index contributed by atoms with van der Waals surface area (Å²) in [5.74, 6) is 0.145. The number of nitrogen functional groups attached to an aromatic ring is 1. The summed E-state index contributed by atoms with van der Waals surface area (Å²) in [6, 6.07) is 8.13. The number of amides is 1. The fourth-order valence-corrected chi connectivity index (χ4v) is 2.60. The lowest BCUT2D eigenvalue weighted by Crippen LogP contribution is -2.22. The van der Waals surface area contributed by atoms with Gasteiger partial charge in [0, 0.05) is 37.0 Å². The number of benzene rings is 1. The molecule has 25 heavy (non-hydrogen) atoms. The second-order valence-corrected chi connectivity index (χ2v) is 5.98. The Labute approximate surface area is 147 Å². The number of rotatable bonds is 8. The zero-order chi connectivity index (χ0) is 18.2. The molecule has 2 aromatic rings. The van der Waals surface area contributed by atoms with Gasteiger partial charge in [0.2, 0.25) is 11.9 Å². The van der Waals surface area contributed by atoms with Crippen LogP contribution in [0, 0.1) is 6.92 Å². The molecule has 1 aromatic heterocycles. The molecule has 0 fully saturated rings. The van der Waals surface area contributed by atoms with Gasteiger partial charge in [-0.2, -0.15) is 0 Å². The summed E-state index contributed by atoms with van der Waals surface area (Å²) in [7, 11) is 0. The number of carbonyl (C=O) groups is 1. The predicted octanol–water partition coefficient (Wildman–Crippen LogP) is 1.38. The van der Waals surface area contributed by atoms with E-state index in [1.165, 1.54) is 12.5 Å². The lowest BCUT2D eigenvalue weighted by Gasteiger charge is -2.09. The van der Waals surface area contributed by atoms with Crippen LogP contribution in [0.2, 0.25) is 0 Å². The SMILES string of the molecule is CC(=O)NCCc1ccc(NCCCc2c(C)nc(N)[nH]c2=O)cc1. The standard InChI is InChI=1S/C18H25N5O2/c1-12-16(17(25)23-18(19)22-12)4-3-10-21-15-7-5-14(6-8-15)9-11-20-13(2)24/h5-8,21H,3-4,9-11H2,1-2H3,(H,20,24)(H3,19,22,23,25). The minimum atomic E-state index is -0.159. The maximum absolute atomic E-state index is 11.9. The zero-order valence-electron chi connectivity index (χ0n) is 14.7. The molecule has 7 nitrogen and oxygen atoms in total. The van der Waals surface area contributed by atoms with E-state index in [0.29, 0.717) is 24.2 Å². The third-order valence-corrected chi connectivity index (χ3v) is 3.91. The van der Waals surface area contributed by atoms with Crippen LogP contribution >= 0.6 is 0 Å². The van der Waals surface area contributed by atoms with Gasteiger partial charge in [-0.3, -0.25) is 14.6 Å². The van der Waals surface area contributed by atoms with Crippen LogP contribution in [0.4, 0.5) is 11.6 Å². The Morgan fingerprint density at radius 3 is 2.56 bits per heavy atom. The van der Waals surface area contributed by atoms with E-state index in [1.54, 1.807) is 6.92 Å². The Balaban J connectivity index is 1.77. The average molecular weight is 343 g/mol. The van der Waals surface area contributed by atoms with Gasteiger partial charge in [-0.05, 0) is 43.9 Å². The van der Waals surface area contributed by atoms with Gasteiger partial charge < -0.3 is 16.4 Å². The Hall–Kier alpha value is -2.83. The third-order valence-electron chi connectivity index (χ3n) is 3.91. The molecular weight excluding hydrogens is 318 g/mol. The molecule has 0 aliphatic rings. The van der Waals surface area contributed by atoms with Crippen LogP contribution in [-0.4, -0.2) is 29.0 Å². The molecule has 1 amide bonds. The summed E-state index contributed by atoms with van der Waals surface area (Å²) in [6.07, 6.45) is 2.28. The average Bonchev–Trinajstić information content (AvgIpc) is 2.54. The lowest BCUT2D eigenvalue weighted by atomic mass is 10.1. The number of H-pyrrole nitrogens is 1. The van der Waals surface area contributed by atoms with Crippen LogP contribution in [0.25, 0.3) is 0 Å². The molecule has 0 unspecified atom stereocenters. The fourth-order valence-electron chi connectivity index (χ4n) is 2.60. The van der Waals surface area contributed by atoms with Crippen LogP contribution in [0.15, 0.2) is 29.1 Å². The van der Waals surface area contributed by atoms with Gasteiger partial charge >= 0.3 is 0 Å².